The number of hydrogen-bond donors (Lipinski definition) is 0. The predicted octanol–water partition coefficient (Wildman–Crippen LogP) is 3.83. The average Bonchev–Trinajstić information content (AvgIpc) is 2.18. The molecule has 0 N–H and O–H groups in total. The Morgan fingerprint density at radius 3 is 2.46 bits per heavy atom. The van der Waals surface area contributed by atoms with Crippen LogP contribution >= 0.6 is 0 Å². The van der Waals surface area contributed by atoms with Gasteiger partial charge in [0.05, 0.1) is 5.69 Å². The number of rotatable bonds is 3. The lowest BCUT2D eigenvalue weighted by Gasteiger charge is -2.07. The van der Waals surface area contributed by atoms with Gasteiger partial charge in [0.25, 0.3) is 0 Å². The summed E-state index contributed by atoms with van der Waals surface area (Å²) >= 11 is 0. The van der Waals surface area contributed by atoms with Crippen LogP contribution in [-0.4, -0.2) is 5.71 Å². The Kier molecular flexibility index (Phi) is 3.69. The summed E-state index contributed by atoms with van der Waals surface area (Å²) in [6, 6.07) is 10.1. The molecule has 0 fully saturated rings. The molecule has 1 aromatic carbocycles. The second-order valence-electron chi connectivity index (χ2n) is 3.40. The predicted molar refractivity (Wildman–Crippen MR) is 58.7 cm³/mol. The van der Waals surface area contributed by atoms with E-state index in [9.17, 15) is 0 Å². The zero-order valence-corrected chi connectivity index (χ0v) is 8.62. The van der Waals surface area contributed by atoms with Crippen LogP contribution in [0.3, 0.4) is 0 Å². The molecule has 0 saturated heterocycles. The fourth-order valence-corrected chi connectivity index (χ4v) is 1.11. The van der Waals surface area contributed by atoms with Crippen molar-refractivity contribution in [2.75, 3.05) is 0 Å². The van der Waals surface area contributed by atoms with E-state index in [2.05, 4.69) is 25.8 Å². The van der Waals surface area contributed by atoms with Crippen LogP contribution in [0.2, 0.25) is 0 Å². The highest BCUT2D eigenvalue weighted by Crippen LogP contribution is 2.13. The lowest BCUT2D eigenvalue weighted by molar-refractivity contribution is 0.736. The molecule has 1 aromatic rings. The van der Waals surface area contributed by atoms with E-state index in [1.54, 1.807) is 0 Å². The minimum absolute atomic E-state index is 0.584. The Hall–Kier alpha value is -1.11. The van der Waals surface area contributed by atoms with Gasteiger partial charge in [-0.05, 0) is 31.4 Å². The molecule has 0 aliphatic heterocycles. The Bertz CT molecular complexity index is 274. The van der Waals surface area contributed by atoms with Crippen molar-refractivity contribution < 1.29 is 0 Å². The van der Waals surface area contributed by atoms with E-state index in [1.165, 1.54) is 5.71 Å². The number of para-hydroxylation sites is 1. The molecule has 1 atom stereocenters. The molecule has 0 amide bonds. The Labute approximate surface area is 80.5 Å². The van der Waals surface area contributed by atoms with Gasteiger partial charge >= 0.3 is 0 Å². The second kappa shape index (κ2) is 4.80. The van der Waals surface area contributed by atoms with E-state index in [1.807, 2.05) is 30.3 Å². The quantitative estimate of drug-likeness (QED) is 0.619. The number of benzene rings is 1. The molecule has 0 heterocycles. The Balaban J connectivity index is 2.77. The first-order chi connectivity index (χ1) is 6.24. The standard InChI is InChI=1S/C12H17N/c1-4-10(2)11(3)13-12-8-6-5-7-9-12/h5-10H,4H2,1-3H3. The summed E-state index contributed by atoms with van der Waals surface area (Å²) in [7, 11) is 0. The minimum Gasteiger partial charge on any atom is -0.258 e. The molecule has 0 aromatic heterocycles. The first kappa shape index (κ1) is 9.97. The first-order valence-electron chi connectivity index (χ1n) is 4.84. The van der Waals surface area contributed by atoms with E-state index in [0.717, 1.165) is 12.1 Å². The molecule has 1 unspecified atom stereocenters. The molecular formula is C12H17N. The van der Waals surface area contributed by atoms with Crippen molar-refractivity contribution >= 4 is 11.4 Å². The summed E-state index contributed by atoms with van der Waals surface area (Å²) in [4.78, 5) is 4.55. The third kappa shape index (κ3) is 3.02. The molecular weight excluding hydrogens is 158 g/mol. The fourth-order valence-electron chi connectivity index (χ4n) is 1.11. The van der Waals surface area contributed by atoms with E-state index in [-0.39, 0.29) is 0 Å². The molecule has 70 valence electrons. The van der Waals surface area contributed by atoms with Gasteiger partial charge in [0, 0.05) is 5.71 Å². The molecule has 0 saturated carbocycles. The second-order valence-corrected chi connectivity index (χ2v) is 3.40. The Morgan fingerprint density at radius 2 is 1.92 bits per heavy atom. The number of hydrogen-bond acceptors (Lipinski definition) is 1. The molecule has 13 heavy (non-hydrogen) atoms. The van der Waals surface area contributed by atoms with Crippen molar-refractivity contribution in [3.05, 3.63) is 30.3 Å². The fraction of sp³-hybridized carbons (Fsp3) is 0.417. The van der Waals surface area contributed by atoms with Gasteiger partial charge in [0.15, 0.2) is 0 Å². The zero-order valence-electron chi connectivity index (χ0n) is 8.62. The van der Waals surface area contributed by atoms with Crippen molar-refractivity contribution in [2.45, 2.75) is 27.2 Å². The van der Waals surface area contributed by atoms with Crippen LogP contribution in [0.25, 0.3) is 0 Å². The monoisotopic (exact) mass is 175 g/mol. The SMILES string of the molecule is CCC(C)C(C)=Nc1ccccc1. The zero-order chi connectivity index (χ0) is 9.68. The van der Waals surface area contributed by atoms with Gasteiger partial charge in [0.1, 0.15) is 0 Å². The van der Waals surface area contributed by atoms with Crippen LogP contribution in [0.15, 0.2) is 35.3 Å². The molecule has 0 aliphatic carbocycles. The van der Waals surface area contributed by atoms with Crippen molar-refractivity contribution in [1.82, 2.24) is 0 Å². The van der Waals surface area contributed by atoms with Gasteiger partial charge in [-0.15, -0.1) is 0 Å². The highest BCUT2D eigenvalue weighted by Gasteiger charge is 2.01. The molecule has 1 heteroatoms. The molecule has 0 radical (unpaired) electrons. The third-order valence-corrected chi connectivity index (χ3v) is 2.39. The summed E-state index contributed by atoms with van der Waals surface area (Å²) in [5, 5.41) is 0. The maximum atomic E-state index is 4.55. The molecule has 1 nitrogen and oxygen atoms in total. The summed E-state index contributed by atoms with van der Waals surface area (Å²) in [6.07, 6.45) is 1.15. The van der Waals surface area contributed by atoms with E-state index in [4.69, 9.17) is 0 Å². The highest BCUT2D eigenvalue weighted by atomic mass is 14.7. The largest absolute Gasteiger partial charge is 0.258 e. The summed E-state index contributed by atoms with van der Waals surface area (Å²) in [5.74, 6) is 0.584. The number of aliphatic imine (C=N–C) groups is 1. The molecule has 0 spiro atoms. The number of nitrogens with zero attached hydrogens (tertiary/aromatic N) is 1. The highest BCUT2D eigenvalue weighted by molar-refractivity contribution is 5.86. The van der Waals surface area contributed by atoms with E-state index < -0.39 is 0 Å². The Morgan fingerprint density at radius 1 is 1.31 bits per heavy atom. The van der Waals surface area contributed by atoms with Crippen molar-refractivity contribution in [1.29, 1.82) is 0 Å². The lowest BCUT2D eigenvalue weighted by Crippen LogP contribution is -2.04. The van der Waals surface area contributed by atoms with Crippen molar-refractivity contribution in [3.8, 4) is 0 Å². The van der Waals surface area contributed by atoms with Gasteiger partial charge in [-0.3, -0.25) is 4.99 Å². The van der Waals surface area contributed by atoms with Crippen LogP contribution < -0.4 is 0 Å². The normalized spacial score (nSPS) is 14.2. The van der Waals surface area contributed by atoms with Crippen LogP contribution in [0.1, 0.15) is 27.2 Å². The average molecular weight is 175 g/mol. The van der Waals surface area contributed by atoms with Gasteiger partial charge in [-0.25, -0.2) is 0 Å². The van der Waals surface area contributed by atoms with Crippen LogP contribution in [0, 0.1) is 5.92 Å². The lowest BCUT2D eigenvalue weighted by atomic mass is 10.0. The van der Waals surface area contributed by atoms with E-state index in [0.29, 0.717) is 5.92 Å². The van der Waals surface area contributed by atoms with Gasteiger partial charge in [-0.2, -0.15) is 0 Å². The van der Waals surface area contributed by atoms with E-state index >= 15 is 0 Å². The first-order valence-corrected chi connectivity index (χ1v) is 4.84. The third-order valence-electron chi connectivity index (χ3n) is 2.39. The summed E-state index contributed by atoms with van der Waals surface area (Å²) < 4.78 is 0. The maximum Gasteiger partial charge on any atom is 0.0629 e. The molecule has 0 bridgehead atoms. The summed E-state index contributed by atoms with van der Waals surface area (Å²) in [6.45, 7) is 6.50. The van der Waals surface area contributed by atoms with Crippen LogP contribution in [0.4, 0.5) is 5.69 Å². The maximum absolute atomic E-state index is 4.55. The molecule has 0 aliphatic rings. The summed E-state index contributed by atoms with van der Waals surface area (Å²) in [5.41, 5.74) is 2.27. The van der Waals surface area contributed by atoms with Gasteiger partial charge < -0.3 is 0 Å². The molecule has 1 rings (SSSR count). The topological polar surface area (TPSA) is 12.4 Å². The van der Waals surface area contributed by atoms with Gasteiger partial charge in [-0.1, -0.05) is 32.0 Å². The van der Waals surface area contributed by atoms with Crippen LogP contribution in [-0.2, 0) is 0 Å². The van der Waals surface area contributed by atoms with Crippen molar-refractivity contribution in [2.24, 2.45) is 10.9 Å². The van der Waals surface area contributed by atoms with Crippen molar-refractivity contribution in [3.63, 3.8) is 0 Å². The van der Waals surface area contributed by atoms with Crippen LogP contribution in [0.5, 0.6) is 0 Å². The minimum atomic E-state index is 0.584. The van der Waals surface area contributed by atoms with Gasteiger partial charge in [0.2, 0.25) is 0 Å². The smallest absolute Gasteiger partial charge is 0.0629 e.